The Kier molecular flexibility index (Phi) is 7.17. The molecule has 2 aromatic rings. The lowest BCUT2D eigenvalue weighted by Gasteiger charge is -2.27. The maximum Gasteiger partial charge on any atom is 0.230 e. The lowest BCUT2D eigenvalue weighted by Crippen LogP contribution is -2.38. The van der Waals surface area contributed by atoms with E-state index < -0.39 is 0 Å². The van der Waals surface area contributed by atoms with Crippen LogP contribution in [0.1, 0.15) is 32.4 Å². The molecular formula is C18H27N5O3S. The van der Waals surface area contributed by atoms with Crippen molar-refractivity contribution < 1.29 is 13.9 Å². The molecule has 1 N–H and O–H groups in total. The van der Waals surface area contributed by atoms with Gasteiger partial charge in [-0.3, -0.25) is 9.36 Å². The van der Waals surface area contributed by atoms with Crippen LogP contribution in [0.2, 0.25) is 0 Å². The molecule has 0 radical (unpaired) electrons. The smallest absolute Gasteiger partial charge is 0.230 e. The molecule has 148 valence electrons. The summed E-state index contributed by atoms with van der Waals surface area (Å²) in [6, 6.07) is 3.98. The second-order valence-corrected chi connectivity index (χ2v) is 7.54. The fourth-order valence-corrected chi connectivity index (χ4v) is 3.78. The van der Waals surface area contributed by atoms with Crippen molar-refractivity contribution in [3.63, 3.8) is 0 Å². The Labute approximate surface area is 163 Å². The Morgan fingerprint density at radius 2 is 2.19 bits per heavy atom. The maximum atomic E-state index is 12.2. The number of carbonyl (C=O) groups is 1. The molecule has 1 aliphatic heterocycles. The first-order chi connectivity index (χ1) is 13.2. The third-order valence-corrected chi connectivity index (χ3v) is 5.31. The highest BCUT2D eigenvalue weighted by atomic mass is 32.2. The van der Waals surface area contributed by atoms with Crippen LogP contribution in [0.3, 0.4) is 0 Å². The van der Waals surface area contributed by atoms with E-state index in [0.29, 0.717) is 30.7 Å². The number of hydrogen-bond acceptors (Lipinski definition) is 7. The summed E-state index contributed by atoms with van der Waals surface area (Å²) < 4.78 is 12.9. The zero-order valence-corrected chi connectivity index (χ0v) is 16.7. The van der Waals surface area contributed by atoms with Gasteiger partial charge in [-0.05, 0) is 25.5 Å². The molecule has 1 aliphatic rings. The number of hydrogen-bond donors (Lipinski definition) is 1. The van der Waals surface area contributed by atoms with Crippen LogP contribution in [0, 0.1) is 0 Å². The van der Waals surface area contributed by atoms with E-state index in [1.165, 1.54) is 11.8 Å². The first-order valence-electron chi connectivity index (χ1n) is 9.37. The molecule has 0 aliphatic carbocycles. The van der Waals surface area contributed by atoms with Crippen LogP contribution in [0.15, 0.2) is 28.0 Å². The van der Waals surface area contributed by atoms with Gasteiger partial charge in [0.2, 0.25) is 11.9 Å². The van der Waals surface area contributed by atoms with E-state index in [1.54, 1.807) is 6.26 Å². The average Bonchev–Trinajstić information content (AvgIpc) is 3.31. The highest BCUT2D eigenvalue weighted by Gasteiger charge is 2.22. The summed E-state index contributed by atoms with van der Waals surface area (Å²) in [4.78, 5) is 14.4. The normalized spacial score (nSPS) is 15.7. The standard InChI is InChI=1S/C18H27N5O3S/c1-3-5-14(2)19-16(24)13-27-18-21-20-17(22-7-10-25-11-8-22)23(18)12-15-6-4-9-26-15/h4,6,9,14H,3,5,7-8,10-13H2,1-2H3,(H,19,24). The van der Waals surface area contributed by atoms with E-state index in [9.17, 15) is 4.79 Å². The average molecular weight is 394 g/mol. The van der Waals surface area contributed by atoms with Crippen molar-refractivity contribution in [3.8, 4) is 0 Å². The van der Waals surface area contributed by atoms with Crippen molar-refractivity contribution in [2.45, 2.75) is 44.4 Å². The van der Waals surface area contributed by atoms with E-state index in [0.717, 1.165) is 37.6 Å². The number of ether oxygens (including phenoxy) is 1. The molecule has 1 unspecified atom stereocenters. The number of nitrogens with zero attached hydrogens (tertiary/aromatic N) is 4. The predicted octanol–water partition coefficient (Wildman–Crippen LogP) is 2.15. The van der Waals surface area contributed by atoms with Crippen LogP contribution in [0.4, 0.5) is 5.95 Å². The fraction of sp³-hybridized carbons (Fsp3) is 0.611. The third kappa shape index (κ3) is 5.49. The number of aromatic nitrogens is 3. The Morgan fingerprint density at radius 3 is 2.89 bits per heavy atom. The first-order valence-corrected chi connectivity index (χ1v) is 10.4. The molecule has 1 saturated heterocycles. The summed E-state index contributed by atoms with van der Waals surface area (Å²) >= 11 is 1.40. The Morgan fingerprint density at radius 1 is 1.37 bits per heavy atom. The third-order valence-electron chi connectivity index (χ3n) is 4.35. The molecule has 0 aromatic carbocycles. The Hall–Kier alpha value is -2.00. The monoisotopic (exact) mass is 393 g/mol. The van der Waals surface area contributed by atoms with E-state index in [2.05, 4.69) is 27.3 Å². The van der Waals surface area contributed by atoms with E-state index in [1.807, 2.05) is 23.6 Å². The number of carbonyl (C=O) groups excluding carboxylic acids is 1. The van der Waals surface area contributed by atoms with Gasteiger partial charge in [0.15, 0.2) is 5.16 Å². The molecule has 9 heteroatoms. The zero-order chi connectivity index (χ0) is 19.1. The van der Waals surface area contributed by atoms with Gasteiger partial charge in [-0.25, -0.2) is 0 Å². The van der Waals surface area contributed by atoms with Gasteiger partial charge in [0.25, 0.3) is 0 Å². The predicted molar refractivity (Wildman–Crippen MR) is 104 cm³/mol. The topological polar surface area (TPSA) is 85.4 Å². The van der Waals surface area contributed by atoms with Crippen LogP contribution in [-0.2, 0) is 16.1 Å². The van der Waals surface area contributed by atoms with E-state index >= 15 is 0 Å². The highest BCUT2D eigenvalue weighted by molar-refractivity contribution is 7.99. The number of furan rings is 1. The van der Waals surface area contributed by atoms with Gasteiger partial charge in [0.05, 0.1) is 31.8 Å². The molecule has 2 aromatic heterocycles. The molecule has 1 amide bonds. The minimum Gasteiger partial charge on any atom is -0.467 e. The molecule has 27 heavy (non-hydrogen) atoms. The van der Waals surface area contributed by atoms with Crippen LogP contribution in [0.25, 0.3) is 0 Å². The van der Waals surface area contributed by atoms with Gasteiger partial charge in [0.1, 0.15) is 5.76 Å². The Balaban J connectivity index is 1.69. The molecule has 3 rings (SSSR count). The van der Waals surface area contributed by atoms with Crippen LogP contribution >= 0.6 is 11.8 Å². The second-order valence-electron chi connectivity index (χ2n) is 6.59. The van der Waals surface area contributed by atoms with Crippen LogP contribution in [0.5, 0.6) is 0 Å². The number of morpholine rings is 1. The summed E-state index contributed by atoms with van der Waals surface area (Å²) in [5.74, 6) is 1.94. The van der Waals surface area contributed by atoms with Gasteiger partial charge in [-0.15, -0.1) is 10.2 Å². The Bertz CT molecular complexity index is 713. The zero-order valence-electron chi connectivity index (χ0n) is 15.9. The van der Waals surface area contributed by atoms with Crippen molar-refractivity contribution in [2.75, 3.05) is 37.0 Å². The van der Waals surface area contributed by atoms with Gasteiger partial charge in [0, 0.05) is 19.1 Å². The summed E-state index contributed by atoms with van der Waals surface area (Å²) in [6.07, 6.45) is 3.69. The van der Waals surface area contributed by atoms with Crippen molar-refractivity contribution >= 4 is 23.6 Å². The van der Waals surface area contributed by atoms with E-state index in [4.69, 9.17) is 9.15 Å². The molecule has 8 nitrogen and oxygen atoms in total. The molecule has 1 fully saturated rings. The summed E-state index contributed by atoms with van der Waals surface area (Å²) in [6.45, 7) is 7.57. The number of thioether (sulfide) groups is 1. The minimum atomic E-state index is 0.0152. The van der Waals surface area contributed by atoms with Gasteiger partial charge in [-0.2, -0.15) is 0 Å². The molecule has 0 bridgehead atoms. The lowest BCUT2D eigenvalue weighted by molar-refractivity contribution is -0.119. The lowest BCUT2D eigenvalue weighted by atomic mass is 10.2. The SMILES string of the molecule is CCCC(C)NC(=O)CSc1nnc(N2CCOCC2)n1Cc1ccco1. The fourth-order valence-electron chi connectivity index (χ4n) is 3.03. The number of anilines is 1. The first kappa shape index (κ1) is 19.8. The van der Waals surface area contributed by atoms with Gasteiger partial charge >= 0.3 is 0 Å². The quantitative estimate of drug-likeness (QED) is 0.653. The molecule has 1 atom stereocenters. The second kappa shape index (κ2) is 9.80. The van der Waals surface area contributed by atoms with Gasteiger partial charge < -0.3 is 19.4 Å². The maximum absolute atomic E-state index is 12.2. The van der Waals surface area contributed by atoms with Crippen molar-refractivity contribution in [3.05, 3.63) is 24.2 Å². The van der Waals surface area contributed by atoms with Gasteiger partial charge in [-0.1, -0.05) is 25.1 Å². The summed E-state index contributed by atoms with van der Waals surface area (Å²) in [7, 11) is 0. The minimum absolute atomic E-state index is 0.0152. The summed E-state index contributed by atoms with van der Waals surface area (Å²) in [5, 5.41) is 12.4. The van der Waals surface area contributed by atoms with Crippen LogP contribution in [-0.4, -0.2) is 58.8 Å². The molecular weight excluding hydrogens is 366 g/mol. The molecule has 3 heterocycles. The number of amides is 1. The highest BCUT2D eigenvalue weighted by Crippen LogP contribution is 2.24. The molecule has 0 saturated carbocycles. The van der Waals surface area contributed by atoms with Crippen molar-refractivity contribution in [1.82, 2.24) is 20.1 Å². The van der Waals surface area contributed by atoms with E-state index in [-0.39, 0.29) is 11.9 Å². The number of nitrogens with one attached hydrogen (secondary N) is 1. The largest absolute Gasteiger partial charge is 0.467 e. The summed E-state index contributed by atoms with van der Waals surface area (Å²) in [5.41, 5.74) is 0. The van der Waals surface area contributed by atoms with Crippen molar-refractivity contribution in [2.24, 2.45) is 0 Å². The van der Waals surface area contributed by atoms with Crippen molar-refractivity contribution in [1.29, 1.82) is 0 Å². The van der Waals surface area contributed by atoms with Crippen LogP contribution < -0.4 is 10.2 Å². The number of rotatable bonds is 9. The molecule has 0 spiro atoms.